The van der Waals surface area contributed by atoms with Gasteiger partial charge in [-0.3, -0.25) is 4.79 Å². The molecule has 0 atom stereocenters. The van der Waals surface area contributed by atoms with Crippen molar-refractivity contribution in [1.82, 2.24) is 5.32 Å². The van der Waals surface area contributed by atoms with Gasteiger partial charge in [0, 0.05) is 15.8 Å². The van der Waals surface area contributed by atoms with E-state index in [-0.39, 0.29) is 11.7 Å². The van der Waals surface area contributed by atoms with Crippen LogP contribution in [-0.2, 0) is 16.8 Å². The molecule has 0 unspecified atom stereocenters. The Morgan fingerprint density at radius 1 is 1.25 bits per heavy atom. The fourth-order valence-corrected chi connectivity index (χ4v) is 3.74. The van der Waals surface area contributed by atoms with Gasteiger partial charge >= 0.3 is 0 Å². The van der Waals surface area contributed by atoms with Gasteiger partial charge < -0.3 is 9.73 Å². The zero-order chi connectivity index (χ0) is 16.6. The molecule has 2 aromatic heterocycles. The molecule has 0 bridgehead atoms. The standard InChI is InChI=1S/C19H16FNO2S/c20-15-5-3-14(4-6-15)19(7-8-19)18(22)21-11-16-10-13(12-24-16)17-2-1-9-23-17/h1-6,9-10,12H,7-8,11H2,(H,21,22). The lowest BCUT2D eigenvalue weighted by atomic mass is 9.95. The first kappa shape index (κ1) is 15.1. The van der Waals surface area contributed by atoms with E-state index < -0.39 is 5.41 Å². The summed E-state index contributed by atoms with van der Waals surface area (Å²) in [6, 6.07) is 12.0. The summed E-state index contributed by atoms with van der Waals surface area (Å²) in [7, 11) is 0. The van der Waals surface area contributed by atoms with E-state index in [2.05, 4.69) is 5.32 Å². The maximum absolute atomic E-state index is 13.1. The second kappa shape index (κ2) is 5.91. The summed E-state index contributed by atoms with van der Waals surface area (Å²) in [5.41, 5.74) is 1.44. The molecule has 3 nitrogen and oxygen atoms in total. The van der Waals surface area contributed by atoms with Crippen molar-refractivity contribution >= 4 is 17.2 Å². The van der Waals surface area contributed by atoms with Gasteiger partial charge in [0.15, 0.2) is 0 Å². The topological polar surface area (TPSA) is 42.2 Å². The minimum atomic E-state index is -0.477. The number of carbonyl (C=O) groups excluding carboxylic acids is 1. The van der Waals surface area contributed by atoms with Crippen LogP contribution in [0.2, 0.25) is 0 Å². The molecule has 1 aliphatic carbocycles. The van der Waals surface area contributed by atoms with Crippen molar-refractivity contribution in [2.75, 3.05) is 0 Å². The zero-order valence-electron chi connectivity index (χ0n) is 12.9. The SMILES string of the molecule is O=C(NCc1cc(-c2ccco2)cs1)C1(c2ccc(F)cc2)CC1. The van der Waals surface area contributed by atoms with Crippen LogP contribution in [0.3, 0.4) is 0 Å². The van der Waals surface area contributed by atoms with Crippen molar-refractivity contribution in [1.29, 1.82) is 0 Å². The van der Waals surface area contributed by atoms with Gasteiger partial charge in [0.2, 0.25) is 5.91 Å². The Morgan fingerprint density at radius 2 is 2.04 bits per heavy atom. The van der Waals surface area contributed by atoms with Gasteiger partial charge in [0.05, 0.1) is 18.2 Å². The molecule has 3 aromatic rings. The highest BCUT2D eigenvalue weighted by Gasteiger charge is 2.51. The Bertz CT molecular complexity index is 848. The lowest BCUT2D eigenvalue weighted by Crippen LogP contribution is -2.34. The summed E-state index contributed by atoms with van der Waals surface area (Å²) in [5, 5.41) is 5.04. The Morgan fingerprint density at radius 3 is 2.71 bits per heavy atom. The highest BCUT2D eigenvalue weighted by atomic mass is 32.1. The molecule has 1 saturated carbocycles. The summed E-state index contributed by atoms with van der Waals surface area (Å²) in [6.07, 6.45) is 3.27. The van der Waals surface area contributed by atoms with Crippen LogP contribution in [-0.4, -0.2) is 5.91 Å². The summed E-state index contributed by atoms with van der Waals surface area (Å²) in [5.74, 6) is 0.565. The Balaban J connectivity index is 1.43. The van der Waals surface area contributed by atoms with E-state index >= 15 is 0 Å². The zero-order valence-corrected chi connectivity index (χ0v) is 13.7. The van der Waals surface area contributed by atoms with Gasteiger partial charge in [-0.2, -0.15) is 0 Å². The van der Waals surface area contributed by atoms with Crippen LogP contribution in [0.15, 0.2) is 58.5 Å². The third-order valence-corrected chi connectivity index (χ3v) is 5.40. The second-order valence-electron chi connectivity index (χ2n) is 6.05. The molecule has 0 radical (unpaired) electrons. The van der Waals surface area contributed by atoms with E-state index in [1.165, 1.54) is 12.1 Å². The number of benzene rings is 1. The lowest BCUT2D eigenvalue weighted by Gasteiger charge is -2.15. The van der Waals surface area contributed by atoms with Crippen molar-refractivity contribution in [3.63, 3.8) is 0 Å². The molecule has 1 aliphatic rings. The normalized spacial score (nSPS) is 15.2. The highest BCUT2D eigenvalue weighted by Crippen LogP contribution is 2.48. The molecule has 24 heavy (non-hydrogen) atoms. The van der Waals surface area contributed by atoms with E-state index in [9.17, 15) is 9.18 Å². The summed E-state index contributed by atoms with van der Waals surface area (Å²) < 4.78 is 18.5. The predicted octanol–water partition coefficient (Wildman–Crippen LogP) is 4.50. The minimum Gasteiger partial charge on any atom is -0.464 e. The maximum Gasteiger partial charge on any atom is 0.230 e. The third-order valence-electron chi connectivity index (χ3n) is 4.46. The van der Waals surface area contributed by atoms with Crippen molar-refractivity contribution in [3.05, 3.63) is 70.4 Å². The molecule has 0 aliphatic heterocycles. The van der Waals surface area contributed by atoms with E-state index in [1.807, 2.05) is 23.6 Å². The van der Waals surface area contributed by atoms with Crippen molar-refractivity contribution in [3.8, 4) is 11.3 Å². The van der Waals surface area contributed by atoms with Gasteiger partial charge in [0.25, 0.3) is 0 Å². The van der Waals surface area contributed by atoms with Crippen molar-refractivity contribution < 1.29 is 13.6 Å². The van der Waals surface area contributed by atoms with Crippen molar-refractivity contribution in [2.24, 2.45) is 0 Å². The first-order chi connectivity index (χ1) is 11.7. The summed E-state index contributed by atoms with van der Waals surface area (Å²) in [6.45, 7) is 0.493. The predicted molar refractivity (Wildman–Crippen MR) is 91.2 cm³/mol. The Hall–Kier alpha value is -2.40. The molecule has 0 spiro atoms. The van der Waals surface area contributed by atoms with Gasteiger partial charge in [-0.05, 0) is 48.7 Å². The van der Waals surface area contributed by atoms with Crippen LogP contribution in [0.4, 0.5) is 4.39 Å². The second-order valence-corrected chi connectivity index (χ2v) is 7.05. The van der Waals surface area contributed by atoms with Crippen molar-refractivity contribution in [2.45, 2.75) is 24.8 Å². The van der Waals surface area contributed by atoms with Gasteiger partial charge in [-0.1, -0.05) is 12.1 Å². The number of nitrogens with one attached hydrogen (secondary N) is 1. The molecule has 1 fully saturated rings. The van der Waals surface area contributed by atoms with Gasteiger partial charge in [-0.25, -0.2) is 4.39 Å². The molecular weight excluding hydrogens is 325 g/mol. The maximum atomic E-state index is 13.1. The van der Waals surface area contributed by atoms with Crippen LogP contribution in [0.5, 0.6) is 0 Å². The summed E-state index contributed by atoms with van der Waals surface area (Å²) >= 11 is 1.59. The van der Waals surface area contributed by atoms with E-state index in [0.29, 0.717) is 6.54 Å². The van der Waals surface area contributed by atoms with Crippen LogP contribution < -0.4 is 5.32 Å². The fourth-order valence-electron chi connectivity index (χ4n) is 2.92. The minimum absolute atomic E-state index is 0.0158. The average molecular weight is 341 g/mol. The first-order valence-corrected chi connectivity index (χ1v) is 8.71. The molecule has 0 saturated heterocycles. The monoisotopic (exact) mass is 341 g/mol. The average Bonchev–Trinajstić information content (AvgIpc) is 3.00. The molecular formula is C19H16FNO2S. The Kier molecular flexibility index (Phi) is 3.73. The molecule has 5 heteroatoms. The molecule has 4 rings (SSSR count). The molecule has 1 aromatic carbocycles. The number of thiophene rings is 1. The number of carbonyl (C=O) groups is 1. The number of halogens is 1. The van der Waals surface area contributed by atoms with E-state index in [1.54, 1.807) is 29.7 Å². The third kappa shape index (κ3) is 2.76. The Labute approximate surface area is 143 Å². The molecule has 1 N–H and O–H groups in total. The van der Waals surface area contributed by atoms with Crippen LogP contribution in [0, 0.1) is 5.82 Å². The molecule has 122 valence electrons. The largest absolute Gasteiger partial charge is 0.464 e. The van der Waals surface area contributed by atoms with E-state index in [0.717, 1.165) is 34.6 Å². The smallest absolute Gasteiger partial charge is 0.230 e. The van der Waals surface area contributed by atoms with Gasteiger partial charge in [0.1, 0.15) is 11.6 Å². The number of amides is 1. The van der Waals surface area contributed by atoms with Crippen LogP contribution in [0.1, 0.15) is 23.3 Å². The van der Waals surface area contributed by atoms with Crippen LogP contribution in [0.25, 0.3) is 11.3 Å². The number of rotatable bonds is 5. The first-order valence-electron chi connectivity index (χ1n) is 7.83. The lowest BCUT2D eigenvalue weighted by molar-refractivity contribution is -0.123. The summed E-state index contributed by atoms with van der Waals surface area (Å²) in [4.78, 5) is 13.7. The number of furan rings is 1. The quantitative estimate of drug-likeness (QED) is 0.743. The van der Waals surface area contributed by atoms with Gasteiger partial charge in [-0.15, -0.1) is 11.3 Å². The fraction of sp³-hybridized carbons (Fsp3) is 0.211. The van der Waals surface area contributed by atoms with E-state index in [4.69, 9.17) is 4.42 Å². The molecule has 1 amide bonds. The number of hydrogen-bond donors (Lipinski definition) is 1. The number of hydrogen-bond acceptors (Lipinski definition) is 3. The highest BCUT2D eigenvalue weighted by molar-refractivity contribution is 7.10. The molecule has 2 heterocycles. The van der Waals surface area contributed by atoms with Crippen LogP contribution >= 0.6 is 11.3 Å².